The van der Waals surface area contributed by atoms with Crippen LogP contribution in [0.2, 0.25) is 0 Å². The highest BCUT2D eigenvalue weighted by Gasteiger charge is 2.18. The average Bonchev–Trinajstić information content (AvgIpc) is 2.79. The molecule has 0 saturated heterocycles. The van der Waals surface area contributed by atoms with Crippen LogP contribution in [0.4, 0.5) is 5.13 Å². The summed E-state index contributed by atoms with van der Waals surface area (Å²) in [7, 11) is 0. The fourth-order valence-electron chi connectivity index (χ4n) is 1.98. The highest BCUT2D eigenvalue weighted by Crippen LogP contribution is 2.26. The Morgan fingerprint density at radius 1 is 1.38 bits per heavy atom. The second-order valence-electron chi connectivity index (χ2n) is 4.48. The van der Waals surface area contributed by atoms with Crippen molar-refractivity contribution < 1.29 is 9.90 Å². The highest BCUT2D eigenvalue weighted by molar-refractivity contribution is 7.22. The third-order valence-electron chi connectivity index (χ3n) is 2.89. The number of aromatic nitrogens is 2. The average molecular weight is 301 g/mol. The van der Waals surface area contributed by atoms with Crippen LogP contribution >= 0.6 is 11.3 Å². The lowest BCUT2D eigenvalue weighted by Crippen LogP contribution is -2.23. The lowest BCUT2D eigenvalue weighted by atomic mass is 10.2. The van der Waals surface area contributed by atoms with E-state index in [0.29, 0.717) is 10.8 Å². The molecule has 0 aliphatic carbocycles. The summed E-state index contributed by atoms with van der Waals surface area (Å²) in [6, 6.07) is 8.78. The van der Waals surface area contributed by atoms with E-state index < -0.39 is 11.5 Å². The minimum absolute atomic E-state index is 0.320. The normalized spacial score (nSPS) is 10.7. The van der Waals surface area contributed by atoms with Crippen molar-refractivity contribution in [3.8, 4) is 5.75 Å². The van der Waals surface area contributed by atoms with Gasteiger partial charge in [-0.2, -0.15) is 0 Å². The van der Waals surface area contributed by atoms with Crippen LogP contribution in [-0.4, -0.2) is 21.0 Å². The van der Waals surface area contributed by atoms with Crippen molar-refractivity contribution >= 4 is 32.6 Å². The van der Waals surface area contributed by atoms with Gasteiger partial charge in [-0.1, -0.05) is 23.5 Å². The molecule has 6 nitrogen and oxygen atoms in total. The van der Waals surface area contributed by atoms with Crippen molar-refractivity contribution in [1.82, 2.24) is 9.97 Å². The second-order valence-corrected chi connectivity index (χ2v) is 5.51. The fourth-order valence-corrected chi connectivity index (χ4v) is 2.84. The molecule has 1 aromatic carbocycles. The molecule has 0 saturated carbocycles. The van der Waals surface area contributed by atoms with E-state index in [0.717, 1.165) is 10.2 Å². The Balaban J connectivity index is 1.95. The molecular formula is C14H11N3O3S. The SMILES string of the molecule is Cc1cc(O)c(C(=O)Nc2nc3ccccc3s2)c(=O)[nH]1. The molecule has 7 heteroatoms. The summed E-state index contributed by atoms with van der Waals surface area (Å²) in [6.07, 6.45) is 0. The van der Waals surface area contributed by atoms with Crippen LogP contribution in [0, 0.1) is 6.92 Å². The van der Waals surface area contributed by atoms with E-state index in [2.05, 4.69) is 15.3 Å². The number of carbonyl (C=O) groups excluding carboxylic acids is 1. The fraction of sp³-hybridized carbons (Fsp3) is 0.0714. The van der Waals surface area contributed by atoms with E-state index in [1.807, 2.05) is 24.3 Å². The van der Waals surface area contributed by atoms with Gasteiger partial charge in [0.1, 0.15) is 11.3 Å². The number of hydrogen-bond donors (Lipinski definition) is 3. The first-order valence-electron chi connectivity index (χ1n) is 6.14. The molecule has 3 aromatic rings. The molecule has 2 heterocycles. The van der Waals surface area contributed by atoms with Crippen LogP contribution in [0.25, 0.3) is 10.2 Å². The van der Waals surface area contributed by atoms with E-state index in [-0.39, 0.29) is 11.3 Å². The minimum atomic E-state index is -0.687. The number of pyridine rings is 1. The lowest BCUT2D eigenvalue weighted by Gasteiger charge is -2.04. The Kier molecular flexibility index (Phi) is 3.19. The number of benzene rings is 1. The summed E-state index contributed by atoms with van der Waals surface area (Å²) in [4.78, 5) is 30.6. The molecule has 0 aliphatic rings. The Hall–Kier alpha value is -2.67. The number of para-hydroxylation sites is 1. The number of aromatic amines is 1. The number of aryl methyl sites for hydroxylation is 1. The molecule has 2 aromatic heterocycles. The molecule has 0 spiro atoms. The molecule has 0 aliphatic heterocycles. The zero-order chi connectivity index (χ0) is 15.0. The molecule has 0 unspecified atom stereocenters. The van der Waals surface area contributed by atoms with Gasteiger partial charge < -0.3 is 10.1 Å². The van der Waals surface area contributed by atoms with Gasteiger partial charge >= 0.3 is 0 Å². The van der Waals surface area contributed by atoms with E-state index in [4.69, 9.17) is 0 Å². The van der Waals surface area contributed by atoms with Gasteiger partial charge in [0.25, 0.3) is 11.5 Å². The summed E-state index contributed by atoms with van der Waals surface area (Å²) < 4.78 is 0.926. The molecule has 3 N–H and O–H groups in total. The number of thiazole rings is 1. The zero-order valence-corrected chi connectivity index (χ0v) is 11.8. The van der Waals surface area contributed by atoms with Gasteiger partial charge in [-0.3, -0.25) is 14.9 Å². The summed E-state index contributed by atoms with van der Waals surface area (Å²) in [5.74, 6) is -1.04. The largest absolute Gasteiger partial charge is 0.507 e. The molecule has 106 valence electrons. The predicted molar refractivity (Wildman–Crippen MR) is 81.0 cm³/mol. The quantitative estimate of drug-likeness (QED) is 0.676. The molecule has 3 rings (SSSR count). The van der Waals surface area contributed by atoms with E-state index >= 15 is 0 Å². The van der Waals surface area contributed by atoms with E-state index in [9.17, 15) is 14.7 Å². The lowest BCUT2D eigenvalue weighted by molar-refractivity contribution is 0.102. The number of anilines is 1. The number of nitrogens with one attached hydrogen (secondary N) is 2. The van der Waals surface area contributed by atoms with Gasteiger partial charge in [-0.05, 0) is 25.1 Å². The van der Waals surface area contributed by atoms with Crippen LogP contribution < -0.4 is 10.9 Å². The number of carbonyl (C=O) groups is 1. The topological polar surface area (TPSA) is 95.1 Å². The van der Waals surface area contributed by atoms with Crippen molar-refractivity contribution in [3.63, 3.8) is 0 Å². The van der Waals surface area contributed by atoms with Crippen molar-refractivity contribution in [2.45, 2.75) is 6.92 Å². The van der Waals surface area contributed by atoms with E-state index in [1.54, 1.807) is 6.92 Å². The van der Waals surface area contributed by atoms with Gasteiger partial charge in [0, 0.05) is 5.69 Å². The number of nitrogens with zero attached hydrogens (tertiary/aromatic N) is 1. The Labute approximate surface area is 123 Å². The van der Waals surface area contributed by atoms with Crippen molar-refractivity contribution in [2.75, 3.05) is 5.32 Å². The van der Waals surface area contributed by atoms with Crippen LogP contribution in [0.5, 0.6) is 5.75 Å². The van der Waals surface area contributed by atoms with Gasteiger partial charge in [-0.15, -0.1) is 0 Å². The summed E-state index contributed by atoms with van der Waals surface area (Å²) >= 11 is 1.30. The summed E-state index contributed by atoms with van der Waals surface area (Å²) in [5, 5.41) is 12.7. The smallest absolute Gasteiger partial charge is 0.266 e. The first-order chi connectivity index (χ1) is 10.0. The Morgan fingerprint density at radius 3 is 2.86 bits per heavy atom. The molecule has 0 atom stereocenters. The summed E-state index contributed by atoms with van der Waals surface area (Å²) in [5.41, 5.74) is 0.292. The Bertz CT molecular complexity index is 865. The molecule has 0 bridgehead atoms. The monoisotopic (exact) mass is 301 g/mol. The number of aromatic hydroxyl groups is 1. The van der Waals surface area contributed by atoms with Crippen molar-refractivity contribution in [2.24, 2.45) is 0 Å². The van der Waals surface area contributed by atoms with Crippen LogP contribution in [0.15, 0.2) is 35.1 Å². The second kappa shape index (κ2) is 5.02. The number of rotatable bonds is 2. The third-order valence-corrected chi connectivity index (χ3v) is 3.84. The predicted octanol–water partition coefficient (Wildman–Crippen LogP) is 2.25. The van der Waals surface area contributed by atoms with Gasteiger partial charge in [-0.25, -0.2) is 4.98 Å². The summed E-state index contributed by atoms with van der Waals surface area (Å²) in [6.45, 7) is 1.62. The number of hydrogen-bond acceptors (Lipinski definition) is 5. The number of H-pyrrole nitrogens is 1. The molecule has 0 fully saturated rings. The van der Waals surface area contributed by atoms with Crippen molar-refractivity contribution in [3.05, 3.63) is 51.9 Å². The van der Waals surface area contributed by atoms with Crippen molar-refractivity contribution in [1.29, 1.82) is 0 Å². The van der Waals surface area contributed by atoms with Gasteiger partial charge in [0.05, 0.1) is 10.2 Å². The Morgan fingerprint density at radius 2 is 2.14 bits per heavy atom. The number of amides is 1. The maximum atomic E-state index is 12.1. The maximum absolute atomic E-state index is 12.1. The zero-order valence-electron chi connectivity index (χ0n) is 11.0. The standard InChI is InChI=1S/C14H11N3O3S/c1-7-6-9(18)11(12(19)15-7)13(20)17-14-16-8-4-2-3-5-10(8)21-14/h2-6H,1H3,(H2,15,18,19)(H,16,17,20). The third kappa shape index (κ3) is 2.50. The molecular weight excluding hydrogens is 290 g/mol. The van der Waals surface area contributed by atoms with Gasteiger partial charge in [0.2, 0.25) is 0 Å². The first-order valence-corrected chi connectivity index (χ1v) is 6.96. The minimum Gasteiger partial charge on any atom is -0.507 e. The highest BCUT2D eigenvalue weighted by atomic mass is 32.1. The molecule has 0 radical (unpaired) electrons. The maximum Gasteiger partial charge on any atom is 0.266 e. The molecule has 21 heavy (non-hydrogen) atoms. The van der Waals surface area contributed by atoms with Crippen LogP contribution in [-0.2, 0) is 0 Å². The van der Waals surface area contributed by atoms with Gasteiger partial charge in [0.15, 0.2) is 5.13 Å². The first kappa shape index (κ1) is 13.3. The number of fused-ring (bicyclic) bond motifs is 1. The van der Waals surface area contributed by atoms with Crippen LogP contribution in [0.3, 0.4) is 0 Å². The molecule has 1 amide bonds. The van der Waals surface area contributed by atoms with Crippen LogP contribution in [0.1, 0.15) is 16.1 Å². The van der Waals surface area contributed by atoms with E-state index in [1.165, 1.54) is 17.4 Å².